The van der Waals surface area contributed by atoms with Crippen LogP contribution in [0.25, 0.3) is 23.0 Å². The highest BCUT2D eigenvalue weighted by Gasteiger charge is 2.13. The highest BCUT2D eigenvalue weighted by Crippen LogP contribution is 2.24. The van der Waals surface area contributed by atoms with Crippen LogP contribution in [-0.2, 0) is 0 Å². The molecule has 0 aliphatic carbocycles. The minimum Gasteiger partial charge on any atom is -0.397 e. The summed E-state index contributed by atoms with van der Waals surface area (Å²) in [6.45, 7) is 0. The van der Waals surface area contributed by atoms with Crippen molar-refractivity contribution in [1.82, 2.24) is 25.1 Å². The van der Waals surface area contributed by atoms with E-state index in [1.807, 2.05) is 0 Å². The van der Waals surface area contributed by atoms with Crippen LogP contribution in [0.4, 0.5) is 5.69 Å². The fourth-order valence-electron chi connectivity index (χ4n) is 1.46. The van der Waals surface area contributed by atoms with Crippen LogP contribution >= 0.6 is 0 Å². The SMILES string of the molecule is Nc1cnccc1-c1nc(-c2ccncn2)no1. The lowest BCUT2D eigenvalue weighted by Gasteiger charge is -1.97. The molecule has 0 atom stereocenters. The zero-order chi connectivity index (χ0) is 12.4. The van der Waals surface area contributed by atoms with E-state index in [4.69, 9.17) is 10.3 Å². The minimum absolute atomic E-state index is 0.337. The molecule has 0 amide bonds. The van der Waals surface area contributed by atoms with E-state index >= 15 is 0 Å². The molecule has 0 radical (unpaired) electrons. The quantitative estimate of drug-likeness (QED) is 0.716. The molecule has 3 rings (SSSR count). The summed E-state index contributed by atoms with van der Waals surface area (Å²) >= 11 is 0. The van der Waals surface area contributed by atoms with Crippen LogP contribution in [0.2, 0.25) is 0 Å². The average Bonchev–Trinajstić information content (AvgIpc) is 2.90. The zero-order valence-corrected chi connectivity index (χ0v) is 9.19. The molecule has 0 spiro atoms. The van der Waals surface area contributed by atoms with Gasteiger partial charge in [0.25, 0.3) is 5.89 Å². The summed E-state index contributed by atoms with van der Waals surface area (Å²) in [7, 11) is 0. The molecule has 7 heteroatoms. The van der Waals surface area contributed by atoms with Gasteiger partial charge in [0, 0.05) is 12.4 Å². The highest BCUT2D eigenvalue weighted by atomic mass is 16.5. The van der Waals surface area contributed by atoms with Crippen LogP contribution in [0, 0.1) is 0 Å². The lowest BCUT2D eigenvalue weighted by molar-refractivity contribution is 0.432. The fraction of sp³-hybridized carbons (Fsp3) is 0. The maximum Gasteiger partial charge on any atom is 0.260 e. The van der Waals surface area contributed by atoms with Crippen molar-refractivity contribution in [2.24, 2.45) is 0 Å². The molecule has 3 heterocycles. The van der Waals surface area contributed by atoms with Crippen LogP contribution in [-0.4, -0.2) is 25.1 Å². The molecule has 7 nitrogen and oxygen atoms in total. The Balaban J connectivity index is 2.03. The predicted octanol–water partition coefficient (Wildman–Crippen LogP) is 1.17. The third kappa shape index (κ3) is 1.77. The largest absolute Gasteiger partial charge is 0.397 e. The summed E-state index contributed by atoms with van der Waals surface area (Å²) in [6, 6.07) is 3.41. The van der Waals surface area contributed by atoms with Crippen molar-refractivity contribution in [3.63, 3.8) is 0 Å². The number of nitrogens with zero attached hydrogens (tertiary/aromatic N) is 5. The third-order valence-electron chi connectivity index (χ3n) is 2.32. The van der Waals surface area contributed by atoms with Gasteiger partial charge in [-0.2, -0.15) is 4.98 Å². The van der Waals surface area contributed by atoms with Gasteiger partial charge in [-0.05, 0) is 12.1 Å². The first-order valence-corrected chi connectivity index (χ1v) is 5.14. The Labute approximate surface area is 102 Å². The van der Waals surface area contributed by atoms with E-state index < -0.39 is 0 Å². The number of anilines is 1. The molecule has 0 saturated heterocycles. The van der Waals surface area contributed by atoms with E-state index in [1.165, 1.54) is 12.5 Å². The van der Waals surface area contributed by atoms with Crippen molar-refractivity contribution in [3.8, 4) is 23.0 Å². The van der Waals surface area contributed by atoms with Gasteiger partial charge in [0.05, 0.1) is 17.4 Å². The summed E-state index contributed by atoms with van der Waals surface area (Å²) in [5.74, 6) is 0.729. The first-order valence-electron chi connectivity index (χ1n) is 5.14. The number of pyridine rings is 1. The predicted molar refractivity (Wildman–Crippen MR) is 63.0 cm³/mol. The van der Waals surface area contributed by atoms with Gasteiger partial charge in [-0.15, -0.1) is 0 Å². The van der Waals surface area contributed by atoms with Crippen LogP contribution < -0.4 is 5.73 Å². The van der Waals surface area contributed by atoms with Gasteiger partial charge in [-0.3, -0.25) is 4.98 Å². The average molecular weight is 240 g/mol. The second-order valence-electron chi connectivity index (χ2n) is 3.48. The second-order valence-corrected chi connectivity index (χ2v) is 3.48. The van der Waals surface area contributed by atoms with E-state index in [0.29, 0.717) is 28.7 Å². The van der Waals surface area contributed by atoms with Crippen LogP contribution in [0.15, 0.2) is 41.6 Å². The molecule has 3 aromatic heterocycles. The lowest BCUT2D eigenvalue weighted by Crippen LogP contribution is -1.91. The van der Waals surface area contributed by atoms with Crippen molar-refractivity contribution in [1.29, 1.82) is 0 Å². The summed E-state index contributed by atoms with van der Waals surface area (Å²) in [6.07, 6.45) is 6.18. The van der Waals surface area contributed by atoms with Gasteiger partial charge in [0.15, 0.2) is 0 Å². The standard InChI is InChI=1S/C11H8N6O/c12-8-5-13-3-1-7(8)11-16-10(17-18-11)9-2-4-14-6-15-9/h1-6H,12H2. The number of rotatable bonds is 2. The minimum atomic E-state index is 0.337. The Kier molecular flexibility index (Phi) is 2.41. The number of nitrogen functional groups attached to an aromatic ring is 1. The Hall–Kier alpha value is -2.83. The van der Waals surface area contributed by atoms with E-state index in [0.717, 1.165) is 0 Å². The van der Waals surface area contributed by atoms with Gasteiger partial charge < -0.3 is 10.3 Å². The van der Waals surface area contributed by atoms with Gasteiger partial charge in [-0.25, -0.2) is 9.97 Å². The molecule has 0 aliphatic rings. The molecule has 0 aromatic carbocycles. The van der Waals surface area contributed by atoms with Crippen molar-refractivity contribution in [2.45, 2.75) is 0 Å². The molecule has 2 N–H and O–H groups in total. The topological polar surface area (TPSA) is 104 Å². The molecule has 88 valence electrons. The summed E-state index contributed by atoms with van der Waals surface area (Å²) in [5, 5.41) is 3.85. The highest BCUT2D eigenvalue weighted by molar-refractivity contribution is 5.69. The molecule has 3 aromatic rings. The van der Waals surface area contributed by atoms with Crippen molar-refractivity contribution in [2.75, 3.05) is 5.73 Å². The summed E-state index contributed by atoms with van der Waals surface area (Å²) in [4.78, 5) is 16.0. The van der Waals surface area contributed by atoms with Gasteiger partial charge in [0.2, 0.25) is 5.82 Å². The van der Waals surface area contributed by atoms with E-state index in [2.05, 4.69) is 25.1 Å². The van der Waals surface area contributed by atoms with Crippen molar-refractivity contribution >= 4 is 5.69 Å². The van der Waals surface area contributed by atoms with E-state index in [9.17, 15) is 0 Å². The molecule has 0 aliphatic heterocycles. The molecular formula is C11H8N6O. The number of hydrogen-bond donors (Lipinski definition) is 1. The first-order chi connectivity index (χ1) is 8.84. The Bertz CT molecular complexity index is 666. The monoisotopic (exact) mass is 240 g/mol. The summed E-state index contributed by atoms with van der Waals surface area (Å²) in [5.41, 5.74) is 7.51. The third-order valence-corrected chi connectivity index (χ3v) is 2.32. The smallest absolute Gasteiger partial charge is 0.260 e. The maximum absolute atomic E-state index is 5.78. The lowest BCUT2D eigenvalue weighted by atomic mass is 10.2. The molecule has 0 bridgehead atoms. The van der Waals surface area contributed by atoms with Gasteiger partial charge in [0.1, 0.15) is 12.0 Å². The van der Waals surface area contributed by atoms with Gasteiger partial charge in [-0.1, -0.05) is 5.16 Å². The normalized spacial score (nSPS) is 10.4. The Morgan fingerprint density at radius 1 is 1.11 bits per heavy atom. The number of hydrogen-bond acceptors (Lipinski definition) is 7. The molecule has 0 unspecified atom stereocenters. The fourth-order valence-corrected chi connectivity index (χ4v) is 1.46. The van der Waals surface area contributed by atoms with Crippen LogP contribution in [0.1, 0.15) is 0 Å². The molecule has 0 saturated carbocycles. The van der Waals surface area contributed by atoms with Gasteiger partial charge >= 0.3 is 0 Å². The second kappa shape index (κ2) is 4.21. The number of aromatic nitrogens is 5. The Morgan fingerprint density at radius 3 is 2.78 bits per heavy atom. The molecule has 0 fully saturated rings. The van der Waals surface area contributed by atoms with Crippen molar-refractivity contribution < 1.29 is 4.52 Å². The molecule has 18 heavy (non-hydrogen) atoms. The van der Waals surface area contributed by atoms with Crippen LogP contribution in [0.3, 0.4) is 0 Å². The number of nitrogens with two attached hydrogens (primary N) is 1. The zero-order valence-electron chi connectivity index (χ0n) is 9.19. The summed E-state index contributed by atoms with van der Waals surface area (Å²) < 4.78 is 5.16. The van der Waals surface area contributed by atoms with Crippen LogP contribution in [0.5, 0.6) is 0 Å². The molecular weight excluding hydrogens is 232 g/mol. The van der Waals surface area contributed by atoms with E-state index in [1.54, 1.807) is 24.5 Å². The maximum atomic E-state index is 5.78. The Morgan fingerprint density at radius 2 is 2.00 bits per heavy atom. The first kappa shape index (κ1) is 10.3. The van der Waals surface area contributed by atoms with Crippen molar-refractivity contribution in [3.05, 3.63) is 37.1 Å². The van der Waals surface area contributed by atoms with E-state index in [-0.39, 0.29) is 0 Å².